The smallest absolute Gasteiger partial charge is 0.291 e. The molecule has 8 N–H and O–H groups in total. The van der Waals surface area contributed by atoms with E-state index in [1.807, 2.05) is 0 Å². The molecule has 15 nitrogen and oxygen atoms in total. The lowest BCUT2D eigenvalue weighted by atomic mass is 10.0. The Kier molecular flexibility index (Phi) is 24.9. The molecule has 0 bridgehead atoms. The first-order chi connectivity index (χ1) is 27.4. The summed E-state index contributed by atoms with van der Waals surface area (Å²) >= 11 is 9.96. The second kappa shape index (κ2) is 28.0. The molecule has 0 aliphatic carbocycles. The number of methoxy groups -OCH3 is 1. The van der Waals surface area contributed by atoms with E-state index in [2.05, 4.69) is 45.5 Å². The molecule has 57 heavy (non-hydrogen) atoms. The van der Waals surface area contributed by atoms with Gasteiger partial charge in [-0.05, 0) is 69.8 Å². The highest BCUT2D eigenvalue weighted by Crippen LogP contribution is 2.30. The Bertz CT molecular complexity index is 1760. The number of rotatable bonds is 15. The Morgan fingerprint density at radius 1 is 1.14 bits per heavy atom. The number of aliphatic imine (C=N–C) groups is 1. The van der Waals surface area contributed by atoms with Gasteiger partial charge in [-0.3, -0.25) is 24.7 Å². The molecule has 19 heteroatoms. The summed E-state index contributed by atoms with van der Waals surface area (Å²) in [6, 6.07) is 7.49. The maximum Gasteiger partial charge on any atom is 0.291 e. The lowest BCUT2D eigenvalue weighted by Gasteiger charge is -2.32. The van der Waals surface area contributed by atoms with E-state index in [4.69, 9.17) is 42.2 Å². The van der Waals surface area contributed by atoms with Crippen molar-refractivity contribution in [3.05, 3.63) is 75.8 Å². The average Bonchev–Trinajstić information content (AvgIpc) is 3.58. The van der Waals surface area contributed by atoms with E-state index in [1.165, 1.54) is 55.4 Å². The molecule has 0 saturated carbocycles. The third-order valence-electron chi connectivity index (χ3n) is 8.29. The summed E-state index contributed by atoms with van der Waals surface area (Å²) in [6.07, 6.45) is 6.64. The van der Waals surface area contributed by atoms with Crippen molar-refractivity contribution < 1.29 is 43.2 Å². The van der Waals surface area contributed by atoms with Crippen LogP contribution in [0, 0.1) is 11.6 Å². The summed E-state index contributed by atoms with van der Waals surface area (Å²) in [5.41, 5.74) is 7.07. The van der Waals surface area contributed by atoms with Crippen LogP contribution < -0.4 is 21.7 Å². The van der Waals surface area contributed by atoms with Crippen molar-refractivity contribution in [2.75, 3.05) is 71.4 Å². The number of benzene rings is 2. The van der Waals surface area contributed by atoms with Gasteiger partial charge in [0.1, 0.15) is 0 Å². The zero-order chi connectivity index (χ0) is 42.9. The van der Waals surface area contributed by atoms with Crippen LogP contribution in [0.5, 0.6) is 0 Å². The minimum absolute atomic E-state index is 0.0560. The van der Waals surface area contributed by atoms with E-state index in [-0.39, 0.29) is 64.1 Å². The topological polar surface area (TPSA) is 217 Å². The van der Waals surface area contributed by atoms with Gasteiger partial charge >= 0.3 is 0 Å². The number of anilines is 1. The number of ether oxygens (including phenoxy) is 1. The third kappa shape index (κ3) is 15.8. The number of aliphatic hydroxyl groups excluding tert-OH is 2. The average molecular weight is 841 g/mol. The summed E-state index contributed by atoms with van der Waals surface area (Å²) in [5.74, 6) is -3.16. The van der Waals surface area contributed by atoms with Gasteiger partial charge in [0.05, 0.1) is 42.4 Å². The van der Waals surface area contributed by atoms with Crippen molar-refractivity contribution in [3.63, 3.8) is 0 Å². The molecule has 1 aliphatic rings. The van der Waals surface area contributed by atoms with Gasteiger partial charge in [0.2, 0.25) is 0 Å². The Hall–Kier alpha value is -4.43. The van der Waals surface area contributed by atoms with E-state index in [9.17, 15) is 9.59 Å². The van der Waals surface area contributed by atoms with Crippen molar-refractivity contribution >= 4 is 60.0 Å². The first kappa shape index (κ1) is 50.6. The number of piperidine rings is 1. The fourth-order valence-electron chi connectivity index (χ4n) is 5.43. The van der Waals surface area contributed by atoms with Crippen molar-refractivity contribution in [2.45, 2.75) is 39.2 Å². The normalized spacial score (nSPS) is 13.0. The molecule has 2 heterocycles. The number of carboxylic acid groups (broad SMARTS) is 1. The van der Waals surface area contributed by atoms with E-state index in [1.54, 1.807) is 24.1 Å². The monoisotopic (exact) mass is 840 g/mol. The highest BCUT2D eigenvalue weighted by Gasteiger charge is 2.26. The Morgan fingerprint density at radius 2 is 1.79 bits per heavy atom. The molecule has 4 rings (SSSR count). The number of imidazole rings is 1. The molecule has 1 aromatic heterocycles. The lowest BCUT2D eigenvalue weighted by molar-refractivity contribution is -0.122. The van der Waals surface area contributed by atoms with Crippen LogP contribution in [0.3, 0.4) is 0 Å². The van der Waals surface area contributed by atoms with E-state index in [0.29, 0.717) is 56.9 Å². The quantitative estimate of drug-likeness (QED) is 0.0359. The van der Waals surface area contributed by atoms with Crippen LogP contribution in [0.15, 0.2) is 47.2 Å². The first-order valence-electron chi connectivity index (χ1n) is 17.9. The first-order valence-corrected chi connectivity index (χ1v) is 19.2. The number of carbonyl (C=O) groups is 3. The Balaban J connectivity index is 0.00000119. The van der Waals surface area contributed by atoms with Gasteiger partial charge in [0.25, 0.3) is 18.3 Å². The highest BCUT2D eigenvalue weighted by atomic mass is 35.5. The van der Waals surface area contributed by atoms with Crippen LogP contribution in [-0.4, -0.2) is 126 Å². The fourth-order valence-corrected chi connectivity index (χ4v) is 5.69. The van der Waals surface area contributed by atoms with E-state index in [0.717, 1.165) is 19.5 Å². The molecular formula is C38H55ClF2N8O7S. The van der Waals surface area contributed by atoms with Gasteiger partial charge in [-0.2, -0.15) is 12.6 Å². The van der Waals surface area contributed by atoms with Gasteiger partial charge < -0.3 is 45.9 Å². The van der Waals surface area contributed by atoms with Crippen molar-refractivity contribution in [2.24, 2.45) is 17.8 Å². The number of carbonyl (C=O) groups excluding carboxylic acids is 2. The number of nitrogens with one attached hydrogen (secondary N) is 3. The number of nitrogens with zero attached hydrogens (tertiary/aromatic N) is 4. The maximum absolute atomic E-state index is 15.4. The second-order valence-electron chi connectivity index (χ2n) is 12.1. The fraction of sp³-hybridized carbons (Fsp3) is 0.447. The largest absolute Gasteiger partial charge is 0.483 e. The molecule has 3 aromatic rings. The summed E-state index contributed by atoms with van der Waals surface area (Å²) in [5, 5.41) is 33.1. The van der Waals surface area contributed by atoms with Gasteiger partial charge in [0.15, 0.2) is 17.5 Å². The number of amides is 2. The number of allylic oxidation sites excluding steroid dienone is 2. The molecule has 2 aromatic carbocycles. The van der Waals surface area contributed by atoms with Gasteiger partial charge in [-0.15, -0.1) is 0 Å². The standard InChI is InChI=1S/C31H36ClF2N7O4.C5H13NO.CH2O2.CH4S/c1-18(35)24(15-36-10-13-45-3)21-6-7-23(28(34)27(21)33)26-16-37-29(40(26)2)30(43)39-20-4-5-22(25(32)14-20)31(44)41-11-8-19(9-12-41)38-17-42;1-2-6-4-3-5-7;2-1-3;1-2/h4-7,14-16,19,38,42H,8-13,17,35H2,1-3H3,(H,39,43);6-7H,2-5H2,1H3;1H,(H,2,3);2H,1H3/b24-18+,36-15?;;;. The Labute approximate surface area is 342 Å². The minimum atomic E-state index is -1.13. The Morgan fingerprint density at radius 3 is 2.35 bits per heavy atom. The van der Waals surface area contributed by atoms with Crippen LogP contribution in [-0.2, 0) is 16.6 Å². The minimum Gasteiger partial charge on any atom is -0.483 e. The molecule has 1 aliphatic heterocycles. The molecule has 1 saturated heterocycles. The molecule has 0 unspecified atom stereocenters. The number of hydrogen-bond acceptors (Lipinski definition) is 12. The molecule has 0 spiro atoms. The maximum atomic E-state index is 15.4. The van der Waals surface area contributed by atoms with Gasteiger partial charge in [-0.1, -0.05) is 24.6 Å². The van der Waals surface area contributed by atoms with E-state index < -0.39 is 17.5 Å². The highest BCUT2D eigenvalue weighted by molar-refractivity contribution is 7.79. The van der Waals surface area contributed by atoms with E-state index >= 15 is 8.78 Å². The number of thiol groups is 1. The van der Waals surface area contributed by atoms with Gasteiger partial charge in [0, 0.05) is 74.2 Å². The van der Waals surface area contributed by atoms with Crippen LogP contribution in [0.1, 0.15) is 59.7 Å². The van der Waals surface area contributed by atoms with Crippen LogP contribution >= 0.6 is 24.2 Å². The molecule has 1 fully saturated rings. The summed E-state index contributed by atoms with van der Waals surface area (Å²) < 4.78 is 37.0. The number of halogens is 3. The number of nitrogens with two attached hydrogens (primary N) is 1. The number of aliphatic hydroxyl groups is 2. The van der Waals surface area contributed by atoms with Crippen LogP contribution in [0.2, 0.25) is 5.02 Å². The second-order valence-corrected chi connectivity index (χ2v) is 12.5. The molecule has 2 amide bonds. The van der Waals surface area contributed by atoms with Crippen molar-refractivity contribution in [1.29, 1.82) is 0 Å². The molecule has 0 radical (unpaired) electrons. The number of aromatic nitrogens is 2. The third-order valence-corrected chi connectivity index (χ3v) is 8.60. The summed E-state index contributed by atoms with van der Waals surface area (Å²) in [7, 11) is 3.04. The van der Waals surface area contributed by atoms with Crippen LogP contribution in [0.4, 0.5) is 14.5 Å². The van der Waals surface area contributed by atoms with Gasteiger partial charge in [-0.25, -0.2) is 13.8 Å². The predicted octanol–water partition coefficient (Wildman–Crippen LogP) is 4.05. The zero-order valence-corrected chi connectivity index (χ0v) is 34.5. The number of likely N-dealkylation sites (tertiary alicyclic amines) is 1. The number of hydrogen-bond donors (Lipinski definition) is 8. The lowest BCUT2D eigenvalue weighted by Crippen LogP contribution is -2.45. The van der Waals surface area contributed by atoms with Crippen LogP contribution in [0.25, 0.3) is 16.8 Å². The zero-order valence-electron chi connectivity index (χ0n) is 32.9. The molecule has 0 atom stereocenters. The summed E-state index contributed by atoms with van der Waals surface area (Å²) in [4.78, 5) is 44.5. The summed E-state index contributed by atoms with van der Waals surface area (Å²) in [6.45, 7) is 7.23. The SMILES string of the molecule is CCNCCCO.COCCN=C/C(=C(/C)N)c1ccc(-c2cnc(C(=O)Nc3ccc(C(=O)N4CCC(NCO)CC4)c(Cl)c3)n2C)c(F)c1F.CS.O=CO. The van der Waals surface area contributed by atoms with Crippen molar-refractivity contribution in [1.82, 2.24) is 25.1 Å². The molecule has 316 valence electrons. The van der Waals surface area contributed by atoms with Crippen molar-refractivity contribution in [3.8, 4) is 11.3 Å². The molecular weight excluding hydrogens is 786 g/mol. The predicted molar refractivity (Wildman–Crippen MR) is 223 cm³/mol.